The predicted molar refractivity (Wildman–Crippen MR) is 96.6 cm³/mol. The van der Waals surface area contributed by atoms with Crippen LogP contribution in [-0.2, 0) is 6.54 Å². The second-order valence-corrected chi connectivity index (χ2v) is 7.23. The number of anilines is 1. The van der Waals surface area contributed by atoms with E-state index < -0.39 is 0 Å². The molecule has 3 heterocycles. The van der Waals surface area contributed by atoms with E-state index >= 15 is 0 Å². The summed E-state index contributed by atoms with van der Waals surface area (Å²) in [4.78, 5) is 11.5. The number of aromatic nitrogens is 2. The van der Waals surface area contributed by atoms with E-state index in [9.17, 15) is 0 Å². The lowest BCUT2D eigenvalue weighted by atomic mass is 9.74. The molecule has 0 amide bonds. The van der Waals surface area contributed by atoms with Gasteiger partial charge in [-0.05, 0) is 54.9 Å². The Balaban J connectivity index is 1.36. The zero-order valence-electron chi connectivity index (χ0n) is 14.1. The van der Waals surface area contributed by atoms with E-state index in [0.717, 1.165) is 36.7 Å². The maximum absolute atomic E-state index is 4.49. The lowest BCUT2D eigenvalue weighted by molar-refractivity contribution is 0.207. The summed E-state index contributed by atoms with van der Waals surface area (Å²) < 4.78 is 0. The average molecular weight is 322 g/mol. The van der Waals surface area contributed by atoms with Gasteiger partial charge in [0.25, 0.3) is 0 Å². The van der Waals surface area contributed by atoms with Crippen LogP contribution in [0.2, 0.25) is 0 Å². The first-order chi connectivity index (χ1) is 11.9. The molecule has 24 heavy (non-hydrogen) atoms. The summed E-state index contributed by atoms with van der Waals surface area (Å²) in [6, 6.07) is 12.3. The van der Waals surface area contributed by atoms with Crippen molar-refractivity contribution < 1.29 is 0 Å². The lowest BCUT2D eigenvalue weighted by Gasteiger charge is -2.33. The third kappa shape index (κ3) is 3.59. The van der Waals surface area contributed by atoms with Gasteiger partial charge in [0.05, 0.1) is 5.69 Å². The number of nitrogens with one attached hydrogen (secondary N) is 1. The summed E-state index contributed by atoms with van der Waals surface area (Å²) in [6.45, 7) is 4.50. The first kappa shape index (κ1) is 15.6. The number of hydrogen-bond donors (Lipinski definition) is 1. The van der Waals surface area contributed by atoms with Gasteiger partial charge in [-0.15, -0.1) is 0 Å². The van der Waals surface area contributed by atoms with Crippen LogP contribution in [0.4, 0.5) is 5.82 Å². The minimum atomic E-state index is 0.763. The normalized spacial score (nSPS) is 26.9. The van der Waals surface area contributed by atoms with Crippen LogP contribution in [0, 0.1) is 17.8 Å². The largest absolute Gasteiger partial charge is 0.370 e. The van der Waals surface area contributed by atoms with Gasteiger partial charge in [-0.2, -0.15) is 0 Å². The molecule has 2 aliphatic rings. The third-order valence-electron chi connectivity index (χ3n) is 5.64. The zero-order valence-corrected chi connectivity index (χ0v) is 14.1. The molecule has 4 heteroatoms. The monoisotopic (exact) mass is 322 g/mol. The van der Waals surface area contributed by atoms with Crippen LogP contribution in [0.3, 0.4) is 0 Å². The van der Waals surface area contributed by atoms with Gasteiger partial charge in [-0.1, -0.05) is 18.6 Å². The molecule has 0 spiro atoms. The molecule has 0 bridgehead atoms. The summed E-state index contributed by atoms with van der Waals surface area (Å²) in [6.07, 6.45) is 7.86. The van der Waals surface area contributed by atoms with Crippen LogP contribution < -0.4 is 5.32 Å². The van der Waals surface area contributed by atoms with Crippen LogP contribution in [0.1, 0.15) is 25.0 Å². The third-order valence-corrected chi connectivity index (χ3v) is 5.64. The number of pyridine rings is 2. The molecule has 2 fully saturated rings. The zero-order chi connectivity index (χ0) is 16.2. The Morgan fingerprint density at radius 1 is 1.00 bits per heavy atom. The predicted octanol–water partition coefficient (Wildman–Crippen LogP) is 3.44. The van der Waals surface area contributed by atoms with Crippen molar-refractivity contribution in [2.45, 2.75) is 25.8 Å². The SMILES string of the molecule is c1ccc(CN2C[C@@H]3CCC[C@H](CNc4ccccn4)[C@@H]3C2)nc1. The molecule has 1 aliphatic heterocycles. The number of fused-ring (bicyclic) bond motifs is 1. The highest BCUT2D eigenvalue weighted by Crippen LogP contribution is 2.40. The Kier molecular flexibility index (Phi) is 4.74. The lowest BCUT2D eigenvalue weighted by Crippen LogP contribution is -2.32. The van der Waals surface area contributed by atoms with E-state index in [2.05, 4.69) is 38.4 Å². The van der Waals surface area contributed by atoms with Gasteiger partial charge >= 0.3 is 0 Å². The fraction of sp³-hybridized carbons (Fsp3) is 0.500. The fourth-order valence-corrected chi connectivity index (χ4v) is 4.49. The molecule has 1 N–H and O–H groups in total. The van der Waals surface area contributed by atoms with Crippen molar-refractivity contribution in [2.24, 2.45) is 17.8 Å². The van der Waals surface area contributed by atoms with Crippen LogP contribution in [-0.4, -0.2) is 34.5 Å². The number of likely N-dealkylation sites (tertiary alicyclic amines) is 1. The number of nitrogens with zero attached hydrogens (tertiary/aromatic N) is 3. The molecule has 1 saturated carbocycles. The number of rotatable bonds is 5. The topological polar surface area (TPSA) is 41.0 Å². The second-order valence-electron chi connectivity index (χ2n) is 7.23. The van der Waals surface area contributed by atoms with Crippen LogP contribution in [0.25, 0.3) is 0 Å². The highest BCUT2D eigenvalue weighted by Gasteiger charge is 2.39. The van der Waals surface area contributed by atoms with Gasteiger partial charge in [0, 0.05) is 38.6 Å². The van der Waals surface area contributed by atoms with Gasteiger partial charge in [-0.3, -0.25) is 9.88 Å². The Morgan fingerprint density at radius 2 is 1.88 bits per heavy atom. The van der Waals surface area contributed by atoms with Crippen molar-refractivity contribution in [3.8, 4) is 0 Å². The molecule has 3 atom stereocenters. The van der Waals surface area contributed by atoms with E-state index in [1.54, 1.807) is 0 Å². The molecule has 126 valence electrons. The van der Waals surface area contributed by atoms with Crippen molar-refractivity contribution in [2.75, 3.05) is 25.0 Å². The Morgan fingerprint density at radius 3 is 2.67 bits per heavy atom. The van der Waals surface area contributed by atoms with Crippen molar-refractivity contribution in [3.63, 3.8) is 0 Å². The highest BCUT2D eigenvalue weighted by atomic mass is 15.2. The minimum Gasteiger partial charge on any atom is -0.370 e. The van der Waals surface area contributed by atoms with Crippen LogP contribution >= 0.6 is 0 Å². The molecular formula is C20H26N4. The van der Waals surface area contributed by atoms with E-state index in [1.165, 1.54) is 38.0 Å². The van der Waals surface area contributed by atoms with E-state index in [-0.39, 0.29) is 0 Å². The summed E-state index contributed by atoms with van der Waals surface area (Å²) in [5, 5.41) is 3.55. The molecule has 1 aliphatic carbocycles. The van der Waals surface area contributed by atoms with Crippen molar-refractivity contribution in [1.29, 1.82) is 0 Å². The summed E-state index contributed by atoms with van der Waals surface area (Å²) in [5.41, 5.74) is 1.19. The Hall–Kier alpha value is -1.94. The Bertz CT molecular complexity index is 631. The molecular weight excluding hydrogens is 296 g/mol. The molecule has 0 unspecified atom stereocenters. The van der Waals surface area contributed by atoms with Gasteiger partial charge in [-0.25, -0.2) is 4.98 Å². The second kappa shape index (κ2) is 7.31. The molecule has 2 aromatic rings. The van der Waals surface area contributed by atoms with E-state index in [0.29, 0.717) is 0 Å². The molecule has 2 aromatic heterocycles. The minimum absolute atomic E-state index is 0.763. The van der Waals surface area contributed by atoms with Crippen molar-refractivity contribution in [1.82, 2.24) is 14.9 Å². The van der Waals surface area contributed by atoms with Crippen molar-refractivity contribution in [3.05, 3.63) is 54.5 Å². The van der Waals surface area contributed by atoms with Crippen LogP contribution in [0.5, 0.6) is 0 Å². The summed E-state index contributed by atoms with van der Waals surface area (Å²) in [7, 11) is 0. The van der Waals surface area contributed by atoms with Gasteiger partial charge < -0.3 is 5.32 Å². The van der Waals surface area contributed by atoms with Gasteiger partial charge in [0.1, 0.15) is 5.82 Å². The summed E-state index contributed by atoms with van der Waals surface area (Å²) in [5.74, 6) is 3.44. The summed E-state index contributed by atoms with van der Waals surface area (Å²) >= 11 is 0. The number of hydrogen-bond acceptors (Lipinski definition) is 4. The highest BCUT2D eigenvalue weighted by molar-refractivity contribution is 5.33. The quantitative estimate of drug-likeness (QED) is 0.915. The molecule has 4 nitrogen and oxygen atoms in total. The van der Waals surface area contributed by atoms with Crippen LogP contribution in [0.15, 0.2) is 48.8 Å². The standard InChI is InChI=1S/C20H26N4/c1-3-10-21-18(8-1)14-24-13-17-7-5-6-16(19(17)15-24)12-23-20-9-2-4-11-22-20/h1-4,8-11,16-17,19H,5-7,12-15H2,(H,22,23)/t16-,17+,19+/m1/s1. The van der Waals surface area contributed by atoms with Crippen molar-refractivity contribution >= 4 is 5.82 Å². The first-order valence-corrected chi connectivity index (χ1v) is 9.15. The van der Waals surface area contributed by atoms with Gasteiger partial charge in [0.2, 0.25) is 0 Å². The molecule has 0 radical (unpaired) electrons. The Labute approximate surface area is 144 Å². The first-order valence-electron chi connectivity index (χ1n) is 9.15. The van der Waals surface area contributed by atoms with Gasteiger partial charge in [0.15, 0.2) is 0 Å². The molecule has 1 saturated heterocycles. The fourth-order valence-electron chi connectivity index (χ4n) is 4.49. The maximum Gasteiger partial charge on any atom is 0.125 e. The molecule has 4 rings (SSSR count). The van der Waals surface area contributed by atoms with E-state index in [1.807, 2.05) is 30.6 Å². The van der Waals surface area contributed by atoms with E-state index in [4.69, 9.17) is 0 Å². The maximum atomic E-state index is 4.49. The molecule has 0 aromatic carbocycles. The smallest absolute Gasteiger partial charge is 0.125 e. The average Bonchev–Trinajstić information content (AvgIpc) is 3.04.